The van der Waals surface area contributed by atoms with Crippen molar-refractivity contribution in [3.8, 4) is 5.75 Å². The number of nitrogens with zero attached hydrogens (tertiary/aromatic N) is 2. The molecule has 27 heavy (non-hydrogen) atoms. The number of urea groups is 1. The van der Waals surface area contributed by atoms with Crippen LogP contribution in [-0.4, -0.2) is 54.0 Å². The van der Waals surface area contributed by atoms with E-state index in [1.807, 2.05) is 30.0 Å². The first-order valence-electron chi connectivity index (χ1n) is 10.0. The van der Waals surface area contributed by atoms with Crippen LogP contribution in [0.2, 0.25) is 0 Å². The van der Waals surface area contributed by atoms with Gasteiger partial charge in [-0.15, -0.1) is 0 Å². The first-order chi connectivity index (χ1) is 13.0. The van der Waals surface area contributed by atoms with Gasteiger partial charge in [-0.1, -0.05) is 13.8 Å². The maximum absolute atomic E-state index is 12.7. The van der Waals surface area contributed by atoms with E-state index in [1.165, 1.54) is 0 Å². The maximum Gasteiger partial charge on any atom is 0.318 e. The summed E-state index contributed by atoms with van der Waals surface area (Å²) >= 11 is 0. The average Bonchev–Trinajstić information content (AvgIpc) is 3.12. The van der Waals surface area contributed by atoms with Gasteiger partial charge in [0.05, 0.1) is 12.6 Å². The van der Waals surface area contributed by atoms with E-state index in [-0.39, 0.29) is 18.0 Å². The van der Waals surface area contributed by atoms with E-state index < -0.39 is 0 Å². The van der Waals surface area contributed by atoms with Crippen molar-refractivity contribution < 1.29 is 14.3 Å². The van der Waals surface area contributed by atoms with Crippen LogP contribution in [0.1, 0.15) is 56.0 Å². The number of fused-ring (bicyclic) bond motifs is 1. The Bertz CT molecular complexity index is 683. The Morgan fingerprint density at radius 2 is 2.00 bits per heavy atom. The molecular formula is C21H31N3O3. The number of benzene rings is 1. The van der Waals surface area contributed by atoms with Crippen LogP contribution >= 0.6 is 0 Å². The highest BCUT2D eigenvalue weighted by Gasteiger charge is 2.27. The summed E-state index contributed by atoms with van der Waals surface area (Å²) < 4.78 is 5.90. The molecule has 0 radical (unpaired) electrons. The van der Waals surface area contributed by atoms with Gasteiger partial charge in [0.1, 0.15) is 12.4 Å². The number of carbonyl (C=O) groups excluding carboxylic acids is 2. The van der Waals surface area contributed by atoms with Gasteiger partial charge in [0, 0.05) is 30.8 Å². The Kier molecular flexibility index (Phi) is 6.24. The Labute approximate surface area is 161 Å². The van der Waals surface area contributed by atoms with Crippen molar-refractivity contribution in [2.75, 3.05) is 26.2 Å². The van der Waals surface area contributed by atoms with Crippen molar-refractivity contribution in [1.82, 2.24) is 15.1 Å². The highest BCUT2D eigenvalue weighted by Crippen LogP contribution is 2.27. The second-order valence-corrected chi connectivity index (χ2v) is 8.02. The number of carbonyl (C=O) groups is 2. The van der Waals surface area contributed by atoms with E-state index in [4.69, 9.17) is 4.74 Å². The summed E-state index contributed by atoms with van der Waals surface area (Å²) in [6, 6.07) is 5.49. The minimum atomic E-state index is -0.0733. The molecule has 0 unspecified atom stereocenters. The average molecular weight is 373 g/mol. The topological polar surface area (TPSA) is 61.9 Å². The van der Waals surface area contributed by atoms with Crippen molar-refractivity contribution >= 4 is 11.9 Å². The molecule has 0 spiro atoms. The number of hydrogen-bond acceptors (Lipinski definition) is 3. The highest BCUT2D eigenvalue weighted by molar-refractivity contribution is 5.94. The lowest BCUT2D eigenvalue weighted by Gasteiger charge is -2.26. The van der Waals surface area contributed by atoms with Gasteiger partial charge in [-0.05, 0) is 50.3 Å². The van der Waals surface area contributed by atoms with Crippen LogP contribution in [0.4, 0.5) is 4.79 Å². The van der Waals surface area contributed by atoms with E-state index in [1.54, 1.807) is 4.90 Å². The summed E-state index contributed by atoms with van der Waals surface area (Å²) in [7, 11) is 0. The molecule has 0 saturated carbocycles. The fourth-order valence-electron chi connectivity index (χ4n) is 3.56. The zero-order valence-corrected chi connectivity index (χ0v) is 16.7. The first-order valence-corrected chi connectivity index (χ1v) is 10.0. The second-order valence-electron chi connectivity index (χ2n) is 8.02. The quantitative estimate of drug-likeness (QED) is 0.881. The molecule has 3 amide bonds. The molecule has 1 aromatic rings. The van der Waals surface area contributed by atoms with Gasteiger partial charge in [0.2, 0.25) is 0 Å². The van der Waals surface area contributed by atoms with Gasteiger partial charge in [0.25, 0.3) is 5.91 Å². The molecule has 148 valence electrons. The maximum atomic E-state index is 12.7. The van der Waals surface area contributed by atoms with Crippen LogP contribution in [-0.2, 0) is 6.54 Å². The Morgan fingerprint density at radius 1 is 1.26 bits per heavy atom. The molecule has 0 aromatic heterocycles. The highest BCUT2D eigenvalue weighted by atomic mass is 16.5. The number of likely N-dealkylation sites (tertiary alicyclic amines) is 1. The van der Waals surface area contributed by atoms with Crippen molar-refractivity contribution in [2.45, 2.75) is 52.6 Å². The van der Waals surface area contributed by atoms with Crippen LogP contribution in [0.3, 0.4) is 0 Å². The summed E-state index contributed by atoms with van der Waals surface area (Å²) in [6.07, 6.45) is 3.10. The Balaban J connectivity index is 1.73. The third kappa shape index (κ3) is 4.73. The second kappa shape index (κ2) is 8.63. The number of rotatable bonds is 4. The summed E-state index contributed by atoms with van der Waals surface area (Å²) in [5, 5.41) is 3.01. The van der Waals surface area contributed by atoms with Crippen molar-refractivity contribution in [2.24, 2.45) is 5.92 Å². The Morgan fingerprint density at radius 3 is 2.70 bits per heavy atom. The van der Waals surface area contributed by atoms with Gasteiger partial charge in [-0.25, -0.2) is 4.79 Å². The molecule has 1 saturated heterocycles. The summed E-state index contributed by atoms with van der Waals surface area (Å²) in [4.78, 5) is 29.1. The predicted molar refractivity (Wildman–Crippen MR) is 105 cm³/mol. The fourth-order valence-corrected chi connectivity index (χ4v) is 3.56. The monoisotopic (exact) mass is 373 g/mol. The summed E-state index contributed by atoms with van der Waals surface area (Å²) in [5.74, 6) is 1.38. The van der Waals surface area contributed by atoms with Crippen LogP contribution < -0.4 is 10.1 Å². The lowest BCUT2D eigenvalue weighted by atomic mass is 10.1. The van der Waals surface area contributed by atoms with E-state index in [0.29, 0.717) is 31.2 Å². The van der Waals surface area contributed by atoms with Crippen molar-refractivity contribution in [3.63, 3.8) is 0 Å². The number of ether oxygens (including phenoxy) is 1. The molecular weight excluding hydrogens is 342 g/mol. The summed E-state index contributed by atoms with van der Waals surface area (Å²) in [6.45, 7) is 9.50. The molecule has 1 fully saturated rings. The van der Waals surface area contributed by atoms with E-state index in [2.05, 4.69) is 19.2 Å². The van der Waals surface area contributed by atoms with Gasteiger partial charge < -0.3 is 19.9 Å². The molecule has 0 bridgehead atoms. The molecule has 2 heterocycles. The normalized spacial score (nSPS) is 19.5. The lowest BCUT2D eigenvalue weighted by molar-refractivity contribution is 0.0792. The molecule has 3 rings (SSSR count). The zero-order valence-electron chi connectivity index (χ0n) is 16.7. The number of amides is 3. The minimum Gasteiger partial charge on any atom is -0.491 e. The van der Waals surface area contributed by atoms with Crippen LogP contribution in [0.15, 0.2) is 18.2 Å². The number of hydrogen-bond donors (Lipinski definition) is 1. The SMILES string of the molecule is CC(C)CCNC(=O)N1Cc2cc(C(=O)N3CCCC3)ccc2OC[C@@H]1C. The molecule has 2 aliphatic heterocycles. The standard InChI is InChI=1S/C21H31N3O3/c1-15(2)8-9-22-21(26)24-13-18-12-17(20(25)23-10-4-5-11-23)6-7-19(18)27-14-16(24)3/h6-7,12,15-16H,4-5,8-11,13-14H2,1-3H3,(H,22,26)/t16-/m0/s1. The molecule has 1 aromatic carbocycles. The van der Waals surface area contributed by atoms with Gasteiger partial charge >= 0.3 is 6.03 Å². The third-order valence-corrected chi connectivity index (χ3v) is 5.31. The first kappa shape index (κ1) is 19.5. The van der Waals surface area contributed by atoms with E-state index in [9.17, 15) is 9.59 Å². The van der Waals surface area contributed by atoms with Crippen LogP contribution in [0.25, 0.3) is 0 Å². The minimum absolute atomic E-state index is 0.0332. The Hall–Kier alpha value is -2.24. The fraction of sp³-hybridized carbons (Fsp3) is 0.619. The van der Waals surface area contributed by atoms with Gasteiger partial charge in [0.15, 0.2) is 0 Å². The molecule has 0 aliphatic carbocycles. The van der Waals surface area contributed by atoms with Gasteiger partial charge in [-0.3, -0.25) is 4.79 Å². The number of nitrogens with one attached hydrogen (secondary N) is 1. The largest absolute Gasteiger partial charge is 0.491 e. The third-order valence-electron chi connectivity index (χ3n) is 5.31. The van der Waals surface area contributed by atoms with Gasteiger partial charge in [-0.2, -0.15) is 0 Å². The molecule has 1 N–H and O–H groups in total. The van der Waals surface area contributed by atoms with Crippen LogP contribution in [0.5, 0.6) is 5.75 Å². The smallest absolute Gasteiger partial charge is 0.318 e. The predicted octanol–water partition coefficient (Wildman–Crippen LogP) is 3.26. The molecule has 6 nitrogen and oxygen atoms in total. The zero-order chi connectivity index (χ0) is 19.4. The molecule has 6 heteroatoms. The van der Waals surface area contributed by atoms with Crippen LogP contribution in [0, 0.1) is 5.92 Å². The van der Waals surface area contributed by atoms with E-state index >= 15 is 0 Å². The lowest BCUT2D eigenvalue weighted by Crippen LogP contribution is -2.46. The van der Waals surface area contributed by atoms with Crippen molar-refractivity contribution in [3.05, 3.63) is 29.3 Å². The molecule has 2 aliphatic rings. The summed E-state index contributed by atoms with van der Waals surface area (Å²) in [5.41, 5.74) is 1.57. The van der Waals surface area contributed by atoms with E-state index in [0.717, 1.165) is 43.7 Å². The van der Waals surface area contributed by atoms with Crippen molar-refractivity contribution in [1.29, 1.82) is 0 Å². The molecule has 1 atom stereocenters.